The van der Waals surface area contributed by atoms with Crippen molar-refractivity contribution in [3.05, 3.63) is 27.6 Å². The molecule has 0 saturated carbocycles. The normalized spacial score (nSPS) is 11.7. The summed E-state index contributed by atoms with van der Waals surface area (Å²) in [4.78, 5) is 5.27. The van der Waals surface area contributed by atoms with Gasteiger partial charge in [-0.15, -0.1) is 22.7 Å². The Hall–Kier alpha value is -0.960. The van der Waals surface area contributed by atoms with Crippen molar-refractivity contribution in [3.63, 3.8) is 0 Å². The number of hydrogen-bond donors (Lipinski definition) is 2. The van der Waals surface area contributed by atoms with Crippen molar-refractivity contribution in [2.24, 2.45) is 0 Å². The lowest BCUT2D eigenvalue weighted by Crippen LogP contribution is -2.11. The lowest BCUT2D eigenvalue weighted by molar-refractivity contribution is 0.282. The Balaban J connectivity index is 2.25. The summed E-state index contributed by atoms with van der Waals surface area (Å²) in [6.07, 6.45) is 0.776. The minimum absolute atomic E-state index is 0.164. The van der Waals surface area contributed by atoms with E-state index in [-0.39, 0.29) is 10.8 Å². The molecule has 19 heavy (non-hydrogen) atoms. The Labute approximate surface area is 120 Å². The highest BCUT2D eigenvalue weighted by Crippen LogP contribution is 2.27. The Bertz CT molecular complexity index is 673. The number of sulfonamides is 1. The summed E-state index contributed by atoms with van der Waals surface area (Å²) in [5.41, 5.74) is 1.50. The molecule has 2 aromatic heterocycles. The number of nitrogens with zero attached hydrogens (tertiary/aromatic N) is 1. The molecule has 0 aliphatic carbocycles. The number of hydrogen-bond acceptors (Lipinski definition) is 6. The molecule has 8 heteroatoms. The van der Waals surface area contributed by atoms with Crippen molar-refractivity contribution in [2.45, 2.75) is 31.1 Å². The fourth-order valence-corrected chi connectivity index (χ4v) is 4.88. The Morgan fingerprint density at radius 3 is 2.74 bits per heavy atom. The molecular weight excluding hydrogens is 304 g/mol. The van der Waals surface area contributed by atoms with Gasteiger partial charge in [-0.2, -0.15) is 0 Å². The zero-order valence-electron chi connectivity index (χ0n) is 10.5. The molecule has 0 spiro atoms. The predicted octanol–water partition coefficient (Wildman–Crippen LogP) is 2.37. The first kappa shape index (κ1) is 14.4. The van der Waals surface area contributed by atoms with Gasteiger partial charge in [-0.05, 0) is 30.4 Å². The number of thiazole rings is 1. The number of aliphatic hydroxyl groups is 1. The molecule has 0 radical (unpaired) electrons. The van der Waals surface area contributed by atoms with Crippen molar-refractivity contribution in [1.29, 1.82) is 0 Å². The number of aliphatic hydroxyl groups excluding tert-OH is 1. The zero-order chi connectivity index (χ0) is 14.0. The van der Waals surface area contributed by atoms with E-state index in [0.717, 1.165) is 28.3 Å². The standard InChI is InChI=1S/C11H14N2O3S3/c1-3-9-7(2)18-11(12-9)13-19(15,16)10-4-8(5-14)6-17-10/h4,6,14H,3,5H2,1-2H3,(H,12,13). The molecule has 0 fully saturated rings. The monoisotopic (exact) mass is 318 g/mol. The van der Waals surface area contributed by atoms with E-state index in [2.05, 4.69) is 9.71 Å². The molecule has 2 rings (SSSR count). The number of aromatic nitrogens is 1. The summed E-state index contributed by atoms with van der Waals surface area (Å²) in [6, 6.07) is 1.47. The van der Waals surface area contributed by atoms with Crippen LogP contribution in [0, 0.1) is 6.92 Å². The largest absolute Gasteiger partial charge is 0.392 e. The third kappa shape index (κ3) is 3.14. The first-order valence-corrected chi connectivity index (χ1v) is 8.81. The first-order chi connectivity index (χ1) is 8.96. The summed E-state index contributed by atoms with van der Waals surface area (Å²) in [7, 11) is -3.61. The number of nitrogens with one attached hydrogen (secondary N) is 1. The second-order valence-corrected chi connectivity index (χ2v) is 7.94. The molecule has 5 nitrogen and oxygen atoms in total. The zero-order valence-corrected chi connectivity index (χ0v) is 13.0. The van der Waals surface area contributed by atoms with Crippen LogP contribution in [-0.4, -0.2) is 18.5 Å². The van der Waals surface area contributed by atoms with E-state index in [1.54, 1.807) is 5.38 Å². The molecule has 2 N–H and O–H groups in total. The van der Waals surface area contributed by atoms with E-state index in [4.69, 9.17) is 5.11 Å². The molecule has 0 unspecified atom stereocenters. The second kappa shape index (κ2) is 5.58. The lowest BCUT2D eigenvalue weighted by atomic mass is 10.3. The van der Waals surface area contributed by atoms with Gasteiger partial charge in [0, 0.05) is 4.88 Å². The van der Waals surface area contributed by atoms with Gasteiger partial charge < -0.3 is 5.11 Å². The SMILES string of the molecule is CCc1nc(NS(=O)(=O)c2cc(CO)cs2)sc1C. The van der Waals surface area contributed by atoms with Crippen LogP contribution in [0.2, 0.25) is 0 Å². The van der Waals surface area contributed by atoms with Gasteiger partial charge in [-0.25, -0.2) is 13.4 Å². The molecule has 2 aromatic rings. The Morgan fingerprint density at radius 1 is 1.47 bits per heavy atom. The van der Waals surface area contributed by atoms with Crippen LogP contribution in [0.4, 0.5) is 5.13 Å². The molecule has 104 valence electrons. The maximum absolute atomic E-state index is 12.1. The molecule has 0 amide bonds. The van der Waals surface area contributed by atoms with E-state index >= 15 is 0 Å². The van der Waals surface area contributed by atoms with E-state index in [1.165, 1.54) is 17.4 Å². The van der Waals surface area contributed by atoms with Crippen LogP contribution < -0.4 is 4.72 Å². The van der Waals surface area contributed by atoms with Gasteiger partial charge in [-0.1, -0.05) is 6.92 Å². The highest BCUT2D eigenvalue weighted by Gasteiger charge is 2.19. The summed E-state index contributed by atoms with van der Waals surface area (Å²) < 4.78 is 26.9. The van der Waals surface area contributed by atoms with Crippen molar-refractivity contribution >= 4 is 37.8 Å². The van der Waals surface area contributed by atoms with Crippen LogP contribution in [-0.2, 0) is 23.1 Å². The fourth-order valence-electron chi connectivity index (χ4n) is 1.54. The Morgan fingerprint density at radius 2 is 2.21 bits per heavy atom. The van der Waals surface area contributed by atoms with Crippen LogP contribution in [0.15, 0.2) is 15.7 Å². The van der Waals surface area contributed by atoms with Gasteiger partial charge in [0.15, 0.2) is 5.13 Å². The predicted molar refractivity (Wildman–Crippen MR) is 77.3 cm³/mol. The first-order valence-electron chi connectivity index (χ1n) is 5.63. The van der Waals surface area contributed by atoms with Gasteiger partial charge in [0.25, 0.3) is 10.0 Å². The maximum atomic E-state index is 12.1. The smallest absolute Gasteiger partial charge is 0.273 e. The number of thiophene rings is 1. The Kier molecular flexibility index (Phi) is 4.24. The minimum atomic E-state index is -3.61. The maximum Gasteiger partial charge on any atom is 0.273 e. The third-order valence-corrected chi connectivity index (χ3v) is 6.41. The minimum Gasteiger partial charge on any atom is -0.392 e. The van der Waals surface area contributed by atoms with Crippen LogP contribution in [0.3, 0.4) is 0 Å². The van der Waals surface area contributed by atoms with E-state index in [0.29, 0.717) is 10.7 Å². The summed E-state index contributed by atoms with van der Waals surface area (Å²) in [5.74, 6) is 0. The number of anilines is 1. The van der Waals surface area contributed by atoms with Crippen molar-refractivity contribution in [2.75, 3.05) is 4.72 Å². The van der Waals surface area contributed by atoms with E-state index in [1.807, 2.05) is 13.8 Å². The molecule has 2 heterocycles. The van der Waals surface area contributed by atoms with Crippen LogP contribution in [0.5, 0.6) is 0 Å². The molecule has 0 bridgehead atoms. The molecule has 0 aliphatic rings. The second-order valence-electron chi connectivity index (χ2n) is 3.91. The van der Waals surface area contributed by atoms with Crippen molar-refractivity contribution < 1.29 is 13.5 Å². The van der Waals surface area contributed by atoms with Gasteiger partial charge in [0.05, 0.1) is 12.3 Å². The summed E-state index contributed by atoms with van der Waals surface area (Å²) in [5, 5.41) is 11.0. The number of aryl methyl sites for hydroxylation is 2. The van der Waals surface area contributed by atoms with Crippen LogP contribution in [0.1, 0.15) is 23.1 Å². The highest BCUT2D eigenvalue weighted by molar-refractivity contribution is 7.94. The number of rotatable bonds is 5. The van der Waals surface area contributed by atoms with Crippen molar-refractivity contribution in [1.82, 2.24) is 4.98 Å². The summed E-state index contributed by atoms with van der Waals surface area (Å²) >= 11 is 2.41. The van der Waals surface area contributed by atoms with Gasteiger partial charge >= 0.3 is 0 Å². The molecular formula is C11H14N2O3S3. The molecule has 0 atom stereocenters. The third-order valence-electron chi connectivity index (χ3n) is 2.53. The molecule has 0 saturated heterocycles. The molecule has 0 aromatic carbocycles. The van der Waals surface area contributed by atoms with Gasteiger partial charge in [0.1, 0.15) is 4.21 Å². The van der Waals surface area contributed by atoms with E-state index in [9.17, 15) is 8.42 Å². The summed E-state index contributed by atoms with van der Waals surface area (Å²) in [6.45, 7) is 3.73. The van der Waals surface area contributed by atoms with Crippen LogP contribution >= 0.6 is 22.7 Å². The average Bonchev–Trinajstić information content (AvgIpc) is 2.95. The fraction of sp³-hybridized carbons (Fsp3) is 0.364. The lowest BCUT2D eigenvalue weighted by Gasteiger charge is -2.01. The molecule has 0 aliphatic heterocycles. The van der Waals surface area contributed by atoms with Gasteiger partial charge in [0.2, 0.25) is 0 Å². The quantitative estimate of drug-likeness (QED) is 0.887. The average molecular weight is 318 g/mol. The van der Waals surface area contributed by atoms with E-state index < -0.39 is 10.0 Å². The van der Waals surface area contributed by atoms with Crippen molar-refractivity contribution in [3.8, 4) is 0 Å². The topological polar surface area (TPSA) is 79.3 Å². The van der Waals surface area contributed by atoms with Gasteiger partial charge in [-0.3, -0.25) is 4.72 Å². The highest BCUT2D eigenvalue weighted by atomic mass is 32.2. The van der Waals surface area contributed by atoms with Crippen LogP contribution in [0.25, 0.3) is 0 Å².